The smallest absolute Gasteiger partial charge is 0.365 e. The second-order valence-electron chi connectivity index (χ2n) is 11.8. The lowest BCUT2D eigenvalue weighted by atomic mass is 9.47. The van der Waals surface area contributed by atoms with Crippen molar-refractivity contribution in [3.8, 4) is 0 Å². The van der Waals surface area contributed by atoms with E-state index in [1.807, 2.05) is 12.1 Å². The van der Waals surface area contributed by atoms with Crippen LogP contribution in [0.5, 0.6) is 0 Å². The molecule has 1 aromatic carbocycles. The third-order valence-electron chi connectivity index (χ3n) is 9.93. The minimum atomic E-state index is -0.540. The lowest BCUT2D eigenvalue weighted by Gasteiger charge is -2.56. The summed E-state index contributed by atoms with van der Waals surface area (Å²) < 4.78 is 0. The number of benzene rings is 1. The lowest BCUT2D eigenvalue weighted by Crippen LogP contribution is -2.53. The fourth-order valence-corrected chi connectivity index (χ4v) is 8.21. The van der Waals surface area contributed by atoms with Gasteiger partial charge in [0.05, 0.1) is 11.3 Å². The van der Waals surface area contributed by atoms with E-state index in [0.717, 1.165) is 36.9 Å². The van der Waals surface area contributed by atoms with Crippen LogP contribution in [0.2, 0.25) is 0 Å². The van der Waals surface area contributed by atoms with Crippen molar-refractivity contribution >= 4 is 52.1 Å². The van der Waals surface area contributed by atoms with Gasteiger partial charge in [-0.25, -0.2) is 4.79 Å². The molecule has 4 aliphatic carbocycles. The number of ketones is 2. The second-order valence-corrected chi connectivity index (χ2v) is 12.5. The van der Waals surface area contributed by atoms with Crippen molar-refractivity contribution in [2.24, 2.45) is 33.7 Å². The van der Waals surface area contributed by atoms with Crippen LogP contribution >= 0.6 is 23.2 Å². The van der Waals surface area contributed by atoms with Crippen molar-refractivity contribution in [1.82, 2.24) is 0 Å². The fourth-order valence-electron chi connectivity index (χ4n) is 7.80. The summed E-state index contributed by atoms with van der Waals surface area (Å²) in [4.78, 5) is 45.8. The number of hydrogen-bond donors (Lipinski definition) is 0. The highest BCUT2D eigenvalue weighted by Gasteiger charge is 2.60. The molecule has 6 nitrogen and oxygen atoms in total. The molecule has 204 valence electrons. The SMILES string of the molecule is CC12CCC3C(C/C(=N\OC(=O)c4ccc(N(CCCl)CCCl)cc4)C4=CC(=O)CCC43C)C1CCC2=O. The van der Waals surface area contributed by atoms with Gasteiger partial charge in [-0.2, -0.15) is 0 Å². The molecule has 5 unspecified atom stereocenters. The topological polar surface area (TPSA) is 76.0 Å². The van der Waals surface area contributed by atoms with Gasteiger partial charge in [0.2, 0.25) is 0 Å². The minimum Gasteiger partial charge on any atom is -0.369 e. The maximum absolute atomic E-state index is 13.0. The predicted octanol–water partition coefficient (Wildman–Crippen LogP) is 6.19. The highest BCUT2D eigenvalue weighted by molar-refractivity contribution is 6.18. The van der Waals surface area contributed by atoms with E-state index >= 15 is 0 Å². The summed E-state index contributed by atoms with van der Waals surface area (Å²) in [6, 6.07) is 7.14. The van der Waals surface area contributed by atoms with Gasteiger partial charge in [0.15, 0.2) is 5.78 Å². The Hall–Kier alpha value is -2.18. The summed E-state index contributed by atoms with van der Waals surface area (Å²) in [7, 11) is 0. The number of Topliss-reactive ketones (excluding diaryl/α,β-unsaturated/α-hetero) is 1. The van der Waals surface area contributed by atoms with Crippen molar-refractivity contribution in [1.29, 1.82) is 0 Å². The molecule has 0 amide bonds. The molecule has 5 rings (SSSR count). The number of nitrogens with zero attached hydrogens (tertiary/aromatic N) is 2. The van der Waals surface area contributed by atoms with Crippen LogP contribution < -0.4 is 4.90 Å². The standard InChI is InChI=1S/C30H36Cl2N2O4/c1-29-11-9-21(35)17-25(29)26(18-22-23-7-8-27(36)30(23,2)12-10-24(22)29)33-38-28(37)19-3-5-20(6-4-19)34(15-13-31)16-14-32/h3-6,17,22-24H,7-16,18H2,1-2H3/b33-26+. The zero-order chi connectivity index (χ0) is 27.1. The van der Waals surface area contributed by atoms with E-state index in [0.29, 0.717) is 78.9 Å². The minimum absolute atomic E-state index is 0.0979. The quantitative estimate of drug-likeness (QED) is 0.226. The van der Waals surface area contributed by atoms with E-state index in [-0.39, 0.29) is 16.6 Å². The average Bonchev–Trinajstić information content (AvgIpc) is 3.22. The Morgan fingerprint density at radius 3 is 2.37 bits per heavy atom. The van der Waals surface area contributed by atoms with E-state index in [1.165, 1.54) is 0 Å². The van der Waals surface area contributed by atoms with Crippen LogP contribution in [0.15, 0.2) is 41.1 Å². The zero-order valence-electron chi connectivity index (χ0n) is 22.2. The largest absolute Gasteiger partial charge is 0.369 e. The molecular weight excluding hydrogens is 523 g/mol. The first kappa shape index (κ1) is 27.4. The number of halogens is 2. The normalized spacial score (nSPS) is 33.3. The summed E-state index contributed by atoms with van der Waals surface area (Å²) in [6.45, 7) is 5.70. The summed E-state index contributed by atoms with van der Waals surface area (Å²) in [5.41, 5.74) is 2.46. The number of hydrogen-bond acceptors (Lipinski definition) is 6. The first-order valence-electron chi connectivity index (χ1n) is 13.7. The van der Waals surface area contributed by atoms with Crippen LogP contribution in [0.4, 0.5) is 5.69 Å². The van der Waals surface area contributed by atoms with E-state index in [1.54, 1.807) is 18.2 Å². The van der Waals surface area contributed by atoms with Gasteiger partial charge in [-0.1, -0.05) is 19.0 Å². The zero-order valence-corrected chi connectivity index (χ0v) is 23.7. The Kier molecular flexibility index (Phi) is 7.76. The number of fused-ring (bicyclic) bond motifs is 5. The third kappa shape index (κ3) is 4.72. The summed E-state index contributed by atoms with van der Waals surface area (Å²) in [5.74, 6) is 1.90. The van der Waals surface area contributed by atoms with Gasteiger partial charge in [0.25, 0.3) is 0 Å². The number of oxime groups is 1. The molecule has 1 aromatic rings. The van der Waals surface area contributed by atoms with Gasteiger partial charge in [-0.15, -0.1) is 23.2 Å². The summed E-state index contributed by atoms with van der Waals surface area (Å²) >= 11 is 11.8. The number of anilines is 1. The predicted molar refractivity (Wildman–Crippen MR) is 150 cm³/mol. The van der Waals surface area contributed by atoms with Crippen molar-refractivity contribution < 1.29 is 19.2 Å². The molecule has 0 heterocycles. The maximum Gasteiger partial charge on any atom is 0.365 e. The average molecular weight is 560 g/mol. The van der Waals surface area contributed by atoms with Gasteiger partial charge in [-0.3, -0.25) is 9.59 Å². The van der Waals surface area contributed by atoms with Gasteiger partial charge in [0, 0.05) is 48.8 Å². The molecular formula is C30H36Cl2N2O4. The number of rotatable bonds is 7. The molecule has 3 saturated carbocycles. The Morgan fingerprint density at radius 1 is 1.00 bits per heavy atom. The number of alkyl halides is 2. The van der Waals surface area contributed by atoms with Crippen LogP contribution in [0.3, 0.4) is 0 Å². The van der Waals surface area contributed by atoms with Crippen molar-refractivity contribution in [2.75, 3.05) is 29.7 Å². The molecule has 0 saturated heterocycles. The number of carbonyl (C=O) groups excluding carboxylic acids is 3. The van der Waals surface area contributed by atoms with E-state index in [4.69, 9.17) is 28.0 Å². The first-order chi connectivity index (χ1) is 18.2. The van der Waals surface area contributed by atoms with E-state index in [9.17, 15) is 14.4 Å². The molecule has 0 spiro atoms. The Balaban J connectivity index is 1.39. The van der Waals surface area contributed by atoms with Gasteiger partial charge < -0.3 is 9.74 Å². The van der Waals surface area contributed by atoms with Crippen molar-refractivity contribution in [3.63, 3.8) is 0 Å². The number of carbonyl (C=O) groups is 3. The van der Waals surface area contributed by atoms with Crippen LogP contribution in [-0.2, 0) is 14.4 Å². The van der Waals surface area contributed by atoms with E-state index in [2.05, 4.69) is 23.9 Å². The summed E-state index contributed by atoms with van der Waals surface area (Å²) in [5, 5.41) is 4.40. The molecule has 0 N–H and O–H groups in total. The van der Waals surface area contributed by atoms with Crippen LogP contribution in [0.1, 0.15) is 69.2 Å². The Labute approximate surface area is 234 Å². The van der Waals surface area contributed by atoms with Gasteiger partial charge in [0.1, 0.15) is 5.78 Å². The number of allylic oxidation sites excluding steroid dienone is 1. The van der Waals surface area contributed by atoms with Crippen LogP contribution in [0, 0.1) is 28.6 Å². The highest BCUT2D eigenvalue weighted by atomic mass is 35.5. The second kappa shape index (κ2) is 10.8. The lowest BCUT2D eigenvalue weighted by molar-refractivity contribution is -0.131. The summed E-state index contributed by atoms with van der Waals surface area (Å²) in [6.07, 6.45) is 7.11. The van der Waals surface area contributed by atoms with Gasteiger partial charge >= 0.3 is 5.97 Å². The Morgan fingerprint density at radius 2 is 1.68 bits per heavy atom. The highest BCUT2D eigenvalue weighted by Crippen LogP contribution is 2.63. The molecule has 0 bridgehead atoms. The monoisotopic (exact) mass is 558 g/mol. The third-order valence-corrected chi connectivity index (χ3v) is 10.3. The van der Waals surface area contributed by atoms with Gasteiger partial charge in [-0.05, 0) is 91.2 Å². The van der Waals surface area contributed by atoms with E-state index < -0.39 is 5.97 Å². The van der Waals surface area contributed by atoms with Crippen molar-refractivity contribution in [2.45, 2.75) is 58.8 Å². The first-order valence-corrected chi connectivity index (χ1v) is 14.8. The van der Waals surface area contributed by atoms with Crippen LogP contribution in [-0.4, -0.2) is 48.1 Å². The van der Waals surface area contributed by atoms with Crippen molar-refractivity contribution in [3.05, 3.63) is 41.5 Å². The molecule has 8 heteroatoms. The molecule has 4 aliphatic rings. The Bertz CT molecular complexity index is 1170. The molecule has 0 aliphatic heterocycles. The molecule has 0 aromatic heterocycles. The molecule has 0 radical (unpaired) electrons. The molecule has 3 fully saturated rings. The fraction of sp³-hybridized carbons (Fsp3) is 0.600. The molecule has 38 heavy (non-hydrogen) atoms. The molecule has 5 atom stereocenters. The van der Waals surface area contributed by atoms with Crippen LogP contribution in [0.25, 0.3) is 0 Å². The maximum atomic E-state index is 13.0.